The molecule has 2 aliphatic rings. The van der Waals surface area contributed by atoms with Gasteiger partial charge in [-0.3, -0.25) is 0 Å². The van der Waals surface area contributed by atoms with Crippen molar-refractivity contribution in [1.82, 2.24) is 0 Å². The molecule has 2 aliphatic heterocycles. The van der Waals surface area contributed by atoms with Crippen LogP contribution in [0.5, 0.6) is 0 Å². The Kier molecular flexibility index (Phi) is 3.78. The number of carboxylic acid groups (broad SMARTS) is 2. The first kappa shape index (κ1) is 14.8. The summed E-state index contributed by atoms with van der Waals surface area (Å²) >= 11 is 0. The van der Waals surface area contributed by atoms with E-state index in [-0.39, 0.29) is 16.5 Å². The fraction of sp³-hybridized carbons (Fsp3) is 0.500. The number of anilines is 1. The summed E-state index contributed by atoms with van der Waals surface area (Å²) < 4.78 is 5.42. The third kappa shape index (κ3) is 2.78. The average Bonchev–Trinajstić information content (AvgIpc) is 2.91. The summed E-state index contributed by atoms with van der Waals surface area (Å²) in [7, 11) is 0. The summed E-state index contributed by atoms with van der Waals surface area (Å²) in [4.78, 5) is 24.5. The molecule has 2 fully saturated rings. The van der Waals surface area contributed by atoms with Gasteiger partial charge >= 0.3 is 11.9 Å². The predicted octanol–water partition coefficient (Wildman–Crippen LogP) is 2.09. The van der Waals surface area contributed by atoms with E-state index < -0.39 is 11.9 Å². The van der Waals surface area contributed by atoms with E-state index in [2.05, 4.69) is 4.90 Å². The minimum atomic E-state index is -1.11. The molecule has 0 bridgehead atoms. The van der Waals surface area contributed by atoms with E-state index in [1.54, 1.807) is 12.1 Å². The molecule has 6 nitrogen and oxygen atoms in total. The van der Waals surface area contributed by atoms with Crippen molar-refractivity contribution in [2.75, 3.05) is 31.2 Å². The van der Waals surface area contributed by atoms with Crippen molar-refractivity contribution in [1.29, 1.82) is 0 Å². The quantitative estimate of drug-likeness (QED) is 0.889. The fourth-order valence-electron chi connectivity index (χ4n) is 3.41. The molecule has 0 radical (unpaired) electrons. The first-order valence-corrected chi connectivity index (χ1v) is 7.44. The molecule has 2 saturated heterocycles. The van der Waals surface area contributed by atoms with Crippen LogP contribution in [0.15, 0.2) is 18.2 Å². The number of rotatable bonds is 3. The van der Waals surface area contributed by atoms with E-state index in [4.69, 9.17) is 4.74 Å². The molecule has 0 atom stereocenters. The van der Waals surface area contributed by atoms with Crippen LogP contribution in [-0.4, -0.2) is 48.5 Å². The molecule has 0 amide bonds. The summed E-state index contributed by atoms with van der Waals surface area (Å²) in [5.41, 5.74) is 0.937. The lowest BCUT2D eigenvalue weighted by Crippen LogP contribution is -2.33. The first-order valence-electron chi connectivity index (χ1n) is 7.44. The number of hydrogen-bond donors (Lipinski definition) is 2. The monoisotopic (exact) mass is 305 g/mol. The highest BCUT2D eigenvalue weighted by Crippen LogP contribution is 2.41. The lowest BCUT2D eigenvalue weighted by Gasteiger charge is -2.33. The zero-order chi connectivity index (χ0) is 15.7. The van der Waals surface area contributed by atoms with Crippen LogP contribution in [-0.2, 0) is 4.74 Å². The summed E-state index contributed by atoms with van der Waals surface area (Å²) in [6, 6.07) is 4.33. The SMILES string of the molecule is O=C(O)c1cc(C(=O)O)cc(N2CCC3(CCOCC3)C2)c1. The third-order valence-corrected chi connectivity index (χ3v) is 4.77. The van der Waals surface area contributed by atoms with Gasteiger partial charge < -0.3 is 19.8 Å². The van der Waals surface area contributed by atoms with Crippen molar-refractivity contribution in [2.45, 2.75) is 19.3 Å². The van der Waals surface area contributed by atoms with Gasteiger partial charge in [-0.1, -0.05) is 0 Å². The standard InChI is InChI=1S/C16H19NO5/c18-14(19)11-7-12(15(20)21)9-13(8-11)17-4-1-16(10-17)2-5-22-6-3-16/h7-9H,1-6,10H2,(H,18,19)(H,20,21). The van der Waals surface area contributed by atoms with E-state index in [1.807, 2.05) is 0 Å². The minimum absolute atomic E-state index is 0.0165. The van der Waals surface area contributed by atoms with Crippen LogP contribution >= 0.6 is 0 Å². The Morgan fingerprint density at radius 2 is 1.59 bits per heavy atom. The second kappa shape index (κ2) is 5.61. The molecule has 0 saturated carbocycles. The van der Waals surface area contributed by atoms with Crippen LogP contribution in [0.25, 0.3) is 0 Å². The Hall–Kier alpha value is -2.08. The molecule has 0 aromatic heterocycles. The normalized spacial score (nSPS) is 20.3. The van der Waals surface area contributed by atoms with E-state index in [1.165, 1.54) is 6.07 Å². The van der Waals surface area contributed by atoms with E-state index in [9.17, 15) is 19.8 Å². The summed E-state index contributed by atoms with van der Waals surface area (Å²) in [5.74, 6) is -2.21. The molecule has 22 heavy (non-hydrogen) atoms. The van der Waals surface area contributed by atoms with Gasteiger partial charge in [0.05, 0.1) is 11.1 Å². The maximum absolute atomic E-state index is 11.2. The molecular formula is C16H19NO5. The Morgan fingerprint density at radius 1 is 1.00 bits per heavy atom. The number of ether oxygens (including phenoxy) is 1. The van der Waals surface area contributed by atoms with Crippen LogP contribution in [0.3, 0.4) is 0 Å². The van der Waals surface area contributed by atoms with Crippen LogP contribution in [0.2, 0.25) is 0 Å². The van der Waals surface area contributed by atoms with Gasteiger partial charge in [-0.15, -0.1) is 0 Å². The second-order valence-corrected chi connectivity index (χ2v) is 6.16. The Balaban J connectivity index is 1.88. The van der Waals surface area contributed by atoms with Crippen LogP contribution < -0.4 is 4.90 Å². The Morgan fingerprint density at radius 3 is 2.14 bits per heavy atom. The number of carbonyl (C=O) groups is 2. The van der Waals surface area contributed by atoms with Gasteiger partial charge in [0.2, 0.25) is 0 Å². The molecule has 6 heteroatoms. The summed E-state index contributed by atoms with van der Waals surface area (Å²) in [6.07, 6.45) is 3.05. The lowest BCUT2D eigenvalue weighted by molar-refractivity contribution is 0.0254. The first-order chi connectivity index (χ1) is 10.5. The van der Waals surface area contributed by atoms with Crippen molar-refractivity contribution >= 4 is 17.6 Å². The molecule has 1 aromatic rings. The van der Waals surface area contributed by atoms with Crippen molar-refractivity contribution < 1.29 is 24.5 Å². The van der Waals surface area contributed by atoms with Gasteiger partial charge in [0.25, 0.3) is 0 Å². The van der Waals surface area contributed by atoms with Gasteiger partial charge in [-0.05, 0) is 42.9 Å². The van der Waals surface area contributed by atoms with Crippen LogP contribution in [0.1, 0.15) is 40.0 Å². The summed E-state index contributed by atoms with van der Waals surface area (Å²) in [5, 5.41) is 18.3. The second-order valence-electron chi connectivity index (χ2n) is 6.16. The molecule has 0 unspecified atom stereocenters. The molecule has 0 aliphatic carbocycles. The van der Waals surface area contributed by atoms with Crippen molar-refractivity contribution in [3.05, 3.63) is 29.3 Å². The topological polar surface area (TPSA) is 87.1 Å². The van der Waals surface area contributed by atoms with E-state index >= 15 is 0 Å². The van der Waals surface area contributed by atoms with Gasteiger partial charge in [0.1, 0.15) is 0 Å². The van der Waals surface area contributed by atoms with Crippen molar-refractivity contribution in [2.24, 2.45) is 5.41 Å². The molecule has 2 N–H and O–H groups in total. The smallest absolute Gasteiger partial charge is 0.335 e. The van der Waals surface area contributed by atoms with Gasteiger partial charge in [-0.2, -0.15) is 0 Å². The zero-order valence-corrected chi connectivity index (χ0v) is 12.2. The predicted molar refractivity (Wildman–Crippen MR) is 79.7 cm³/mol. The molecule has 118 valence electrons. The summed E-state index contributed by atoms with van der Waals surface area (Å²) in [6.45, 7) is 3.19. The molecular weight excluding hydrogens is 286 g/mol. The van der Waals surface area contributed by atoms with Crippen LogP contribution in [0, 0.1) is 5.41 Å². The van der Waals surface area contributed by atoms with E-state index in [0.29, 0.717) is 5.69 Å². The number of carboxylic acids is 2. The van der Waals surface area contributed by atoms with Gasteiger partial charge in [0.15, 0.2) is 0 Å². The van der Waals surface area contributed by atoms with Gasteiger partial charge in [-0.25, -0.2) is 9.59 Å². The number of aromatic carboxylic acids is 2. The van der Waals surface area contributed by atoms with Crippen LogP contribution in [0.4, 0.5) is 5.69 Å². The maximum Gasteiger partial charge on any atom is 0.335 e. The molecule has 3 rings (SSSR count). The maximum atomic E-state index is 11.2. The Labute approximate surface area is 128 Å². The van der Waals surface area contributed by atoms with Gasteiger partial charge in [0, 0.05) is 32.0 Å². The average molecular weight is 305 g/mol. The fourth-order valence-corrected chi connectivity index (χ4v) is 3.41. The van der Waals surface area contributed by atoms with E-state index in [0.717, 1.165) is 45.6 Å². The largest absolute Gasteiger partial charge is 0.478 e. The van der Waals surface area contributed by atoms with Crippen molar-refractivity contribution in [3.8, 4) is 0 Å². The molecule has 1 aromatic carbocycles. The number of benzene rings is 1. The molecule has 2 heterocycles. The van der Waals surface area contributed by atoms with Crippen molar-refractivity contribution in [3.63, 3.8) is 0 Å². The minimum Gasteiger partial charge on any atom is -0.478 e. The highest BCUT2D eigenvalue weighted by molar-refractivity contribution is 5.95. The zero-order valence-electron chi connectivity index (χ0n) is 12.2. The Bertz CT molecular complexity index is 574. The highest BCUT2D eigenvalue weighted by Gasteiger charge is 2.39. The third-order valence-electron chi connectivity index (χ3n) is 4.77. The highest BCUT2D eigenvalue weighted by atomic mass is 16.5. The molecule has 1 spiro atoms. The number of hydrogen-bond acceptors (Lipinski definition) is 4. The lowest BCUT2D eigenvalue weighted by atomic mass is 9.80. The number of nitrogens with zero attached hydrogens (tertiary/aromatic N) is 1.